The molecule has 1 aliphatic carbocycles. The molecule has 7 aromatic rings. The predicted octanol–water partition coefficient (Wildman–Crippen LogP) is 11.4. The van der Waals surface area contributed by atoms with Gasteiger partial charge in [0.15, 0.2) is 0 Å². The first-order valence-corrected chi connectivity index (χ1v) is 17.1. The Labute approximate surface area is 288 Å². The van der Waals surface area contributed by atoms with Gasteiger partial charge in [0, 0.05) is 33.4 Å². The van der Waals surface area contributed by atoms with Crippen LogP contribution in [0.5, 0.6) is 0 Å². The van der Waals surface area contributed by atoms with Gasteiger partial charge in [0.25, 0.3) is 0 Å². The summed E-state index contributed by atoms with van der Waals surface area (Å²) in [4.78, 5) is 4.77. The molecule has 0 saturated heterocycles. The molecule has 0 amide bonds. The van der Waals surface area contributed by atoms with Gasteiger partial charge >= 0.3 is 0 Å². The van der Waals surface area contributed by atoms with Crippen molar-refractivity contribution in [3.8, 4) is 11.1 Å². The number of aryl methyl sites for hydroxylation is 1. The van der Waals surface area contributed by atoms with Gasteiger partial charge in [-0.15, -0.1) is 0 Å². The third-order valence-electron chi connectivity index (χ3n) is 9.41. The second-order valence-corrected chi connectivity index (χ2v) is 12.5. The lowest BCUT2D eigenvalue weighted by molar-refractivity contribution is 1.08. The lowest BCUT2D eigenvalue weighted by Crippen LogP contribution is -2.32. The highest BCUT2D eigenvalue weighted by molar-refractivity contribution is 5.99. The Hall–Kier alpha value is -6.12. The van der Waals surface area contributed by atoms with Gasteiger partial charge in [0.05, 0.1) is 11.4 Å². The summed E-state index contributed by atoms with van der Waals surface area (Å²) in [5.41, 5.74) is 10.5. The molecule has 2 heteroatoms. The Morgan fingerprint density at radius 1 is 0.449 bits per heavy atom. The highest BCUT2D eigenvalue weighted by Gasteiger charge is 2.18. The number of anilines is 5. The second kappa shape index (κ2) is 13.5. The van der Waals surface area contributed by atoms with Gasteiger partial charge in [-0.1, -0.05) is 133 Å². The smallest absolute Gasteiger partial charge is 0.0540 e. The minimum atomic E-state index is 1.02. The number of para-hydroxylation sites is 2. The fourth-order valence-corrected chi connectivity index (χ4v) is 6.96. The number of hydrogen-bond acceptors (Lipinski definition) is 2. The van der Waals surface area contributed by atoms with Crippen molar-refractivity contribution < 1.29 is 0 Å². The summed E-state index contributed by atoms with van der Waals surface area (Å²) in [6.45, 7) is 2.18. The van der Waals surface area contributed by atoms with Crippen LogP contribution in [0.15, 0.2) is 182 Å². The molecule has 2 nitrogen and oxygen atoms in total. The molecule has 0 N–H and O–H groups in total. The van der Waals surface area contributed by atoms with Crippen molar-refractivity contribution in [1.29, 1.82) is 0 Å². The topological polar surface area (TPSA) is 6.48 Å². The largest absolute Gasteiger partial charge is 0.310 e. The van der Waals surface area contributed by atoms with Crippen LogP contribution >= 0.6 is 0 Å². The first-order valence-electron chi connectivity index (χ1n) is 17.1. The van der Waals surface area contributed by atoms with Crippen molar-refractivity contribution in [1.82, 2.24) is 0 Å². The molecule has 49 heavy (non-hydrogen) atoms. The molecule has 0 radical (unpaired) electrons. The van der Waals surface area contributed by atoms with Crippen LogP contribution in [0.1, 0.15) is 18.4 Å². The van der Waals surface area contributed by atoms with Crippen LogP contribution in [-0.4, -0.2) is 0 Å². The van der Waals surface area contributed by atoms with Gasteiger partial charge in [0.1, 0.15) is 0 Å². The van der Waals surface area contributed by atoms with Gasteiger partial charge in [-0.25, -0.2) is 0 Å². The van der Waals surface area contributed by atoms with Gasteiger partial charge in [0.2, 0.25) is 0 Å². The maximum Gasteiger partial charge on any atom is 0.0540 e. The highest BCUT2D eigenvalue weighted by atomic mass is 15.2. The van der Waals surface area contributed by atoms with E-state index in [0.29, 0.717) is 0 Å². The van der Waals surface area contributed by atoms with E-state index in [9.17, 15) is 0 Å². The maximum atomic E-state index is 2.39. The Balaban J connectivity index is 1.18. The van der Waals surface area contributed by atoms with Crippen LogP contribution in [0.4, 0.5) is 28.4 Å². The number of rotatable bonds is 7. The van der Waals surface area contributed by atoms with Gasteiger partial charge in [-0.05, 0) is 102 Å². The predicted molar refractivity (Wildman–Crippen MR) is 209 cm³/mol. The number of benzene rings is 7. The van der Waals surface area contributed by atoms with Gasteiger partial charge in [-0.3, -0.25) is 0 Å². The van der Waals surface area contributed by atoms with E-state index >= 15 is 0 Å². The number of nitrogens with zero attached hydrogens (tertiary/aromatic N) is 2. The molecule has 0 saturated carbocycles. The zero-order valence-electron chi connectivity index (χ0n) is 27.7. The number of allylic oxidation sites excluding steroid dienone is 1. The summed E-state index contributed by atoms with van der Waals surface area (Å²) in [5.74, 6) is 0. The van der Waals surface area contributed by atoms with E-state index in [1.54, 1.807) is 0 Å². The van der Waals surface area contributed by atoms with E-state index in [4.69, 9.17) is 0 Å². The van der Waals surface area contributed by atoms with Crippen molar-refractivity contribution in [2.45, 2.75) is 19.8 Å². The minimum absolute atomic E-state index is 1.02. The SMILES string of the molecule is Cc1ccccc1N(c1ccc(-c2ccc(N(C3=c4\cccc\c4=C/CC/C=C\3)c3ccccc3)cc2)cc1)c1cccc2ccccc12. The standard InChI is InChI=1S/C47H38N2/c1-35-15-8-13-24-45(35)49(47-26-14-19-39-18-10-12-23-44(39)47)42-33-29-37(30-34-42)36-27-31-41(32-28-36)48(40-20-5-3-6-21-40)46-25-7-2-4-16-38-17-9-11-22-43(38)46/h3,5-34H,2,4H2,1H3/b25-7-,38-16+,46-43+. The van der Waals surface area contributed by atoms with E-state index in [1.807, 2.05) is 0 Å². The fraction of sp³-hybridized carbons (Fsp3) is 0.0638. The molecule has 0 bridgehead atoms. The molecule has 0 fully saturated rings. The lowest BCUT2D eigenvalue weighted by Gasteiger charge is -2.28. The lowest BCUT2D eigenvalue weighted by atomic mass is 10.0. The van der Waals surface area contributed by atoms with Gasteiger partial charge < -0.3 is 9.80 Å². The molecule has 1 aliphatic rings. The molecule has 0 heterocycles. The van der Waals surface area contributed by atoms with E-state index in [0.717, 1.165) is 29.9 Å². The van der Waals surface area contributed by atoms with E-state index < -0.39 is 0 Å². The Morgan fingerprint density at radius 3 is 1.82 bits per heavy atom. The third-order valence-corrected chi connectivity index (χ3v) is 9.41. The molecule has 0 atom stereocenters. The van der Waals surface area contributed by atoms with Crippen LogP contribution in [0.25, 0.3) is 33.7 Å². The molecule has 0 aliphatic heterocycles. The Bertz CT molecular complexity index is 2380. The minimum Gasteiger partial charge on any atom is -0.310 e. The zero-order chi connectivity index (χ0) is 33.0. The molecule has 236 valence electrons. The Kier molecular flexibility index (Phi) is 8.36. The first kappa shape index (κ1) is 30.2. The van der Waals surface area contributed by atoms with Crippen molar-refractivity contribution in [3.63, 3.8) is 0 Å². The zero-order valence-corrected chi connectivity index (χ0v) is 27.7. The highest BCUT2D eigenvalue weighted by Crippen LogP contribution is 2.41. The van der Waals surface area contributed by atoms with Crippen molar-refractivity contribution in [2.75, 3.05) is 9.80 Å². The van der Waals surface area contributed by atoms with Gasteiger partial charge in [-0.2, -0.15) is 0 Å². The molecular weight excluding hydrogens is 593 g/mol. The summed E-state index contributed by atoms with van der Waals surface area (Å²) in [6, 6.07) is 61.2. The summed E-state index contributed by atoms with van der Waals surface area (Å²) in [6.07, 6.45) is 9.02. The summed E-state index contributed by atoms with van der Waals surface area (Å²) >= 11 is 0. The average molecular weight is 631 g/mol. The van der Waals surface area contributed by atoms with Crippen LogP contribution in [0.3, 0.4) is 0 Å². The van der Waals surface area contributed by atoms with Crippen LogP contribution in [-0.2, 0) is 0 Å². The molecule has 0 aromatic heterocycles. The number of hydrogen-bond donors (Lipinski definition) is 0. The van der Waals surface area contributed by atoms with Crippen LogP contribution in [0, 0.1) is 6.92 Å². The fourth-order valence-electron chi connectivity index (χ4n) is 6.96. The van der Waals surface area contributed by atoms with E-state index in [1.165, 1.54) is 55.0 Å². The van der Waals surface area contributed by atoms with Crippen molar-refractivity contribution in [2.24, 2.45) is 0 Å². The quantitative estimate of drug-likeness (QED) is 0.173. The van der Waals surface area contributed by atoms with Crippen LogP contribution in [0.2, 0.25) is 0 Å². The summed E-state index contributed by atoms with van der Waals surface area (Å²) < 4.78 is 0. The monoisotopic (exact) mass is 630 g/mol. The molecule has 7 aromatic carbocycles. The van der Waals surface area contributed by atoms with Crippen molar-refractivity contribution >= 4 is 51.0 Å². The Morgan fingerprint density at radius 2 is 1.04 bits per heavy atom. The van der Waals surface area contributed by atoms with Crippen LogP contribution < -0.4 is 20.2 Å². The van der Waals surface area contributed by atoms with E-state index in [2.05, 4.69) is 205 Å². The second-order valence-electron chi connectivity index (χ2n) is 12.5. The molecule has 0 unspecified atom stereocenters. The summed E-state index contributed by atoms with van der Waals surface area (Å²) in [5, 5.41) is 4.98. The van der Waals surface area contributed by atoms with Crippen molar-refractivity contribution in [3.05, 3.63) is 198 Å². The normalized spacial score (nSPS) is 14.9. The average Bonchev–Trinajstić information content (AvgIpc) is 3.15. The number of fused-ring (bicyclic) bond motifs is 2. The molecular formula is C47H38N2. The molecule has 0 spiro atoms. The van der Waals surface area contributed by atoms with E-state index in [-0.39, 0.29) is 0 Å². The maximum absolute atomic E-state index is 2.39. The first-order chi connectivity index (χ1) is 24.2. The third kappa shape index (κ3) is 6.06. The molecule has 8 rings (SSSR count). The summed E-state index contributed by atoms with van der Waals surface area (Å²) in [7, 11) is 0.